The summed E-state index contributed by atoms with van der Waals surface area (Å²) in [5, 5.41) is 11.3. The van der Waals surface area contributed by atoms with E-state index in [0.717, 1.165) is 35.5 Å². The minimum Gasteiger partial charge on any atom is -0.370 e. The molecular weight excluding hydrogens is 1150 g/mol. The van der Waals surface area contributed by atoms with Gasteiger partial charge in [-0.05, 0) is 123 Å². The number of hydrogen-bond acceptors (Lipinski definition) is 12. The van der Waals surface area contributed by atoms with E-state index in [0.29, 0.717) is 84.7 Å². The van der Waals surface area contributed by atoms with E-state index in [2.05, 4.69) is 33.1 Å². The van der Waals surface area contributed by atoms with E-state index in [9.17, 15) is 66.3 Å². The molecule has 6 atom stereocenters. The number of likely N-dealkylation sites (N-methyl/N-ethyl adjacent to an activating group) is 1. The van der Waals surface area contributed by atoms with Crippen molar-refractivity contribution in [3.63, 3.8) is 0 Å². The number of likely N-dealkylation sites (tertiary alicyclic amines) is 1. The van der Waals surface area contributed by atoms with E-state index in [1.165, 1.54) is 21.9 Å². The molecule has 1 unspecified atom stereocenters. The van der Waals surface area contributed by atoms with Crippen molar-refractivity contribution in [2.24, 2.45) is 11.7 Å². The normalized spacial score (nSPS) is 21.3. The van der Waals surface area contributed by atoms with Crippen molar-refractivity contribution in [1.82, 2.24) is 40.9 Å². The lowest BCUT2D eigenvalue weighted by Crippen LogP contribution is -2.62. The van der Waals surface area contributed by atoms with Crippen molar-refractivity contribution in [3.8, 4) is 11.8 Å². The first-order valence-corrected chi connectivity index (χ1v) is 30.8. The third-order valence-corrected chi connectivity index (χ3v) is 18.8. The molecule has 4 aromatic rings. The molecule has 4 fully saturated rings. The van der Waals surface area contributed by atoms with Crippen LogP contribution in [0.15, 0.2) is 66.7 Å². The molecule has 3 aromatic carbocycles. The summed E-state index contributed by atoms with van der Waals surface area (Å²) < 4.78 is 41.2. The number of piperidine rings is 2. The predicted octanol–water partition coefficient (Wildman–Crippen LogP) is 4.27. The molecule has 9 amide bonds. The van der Waals surface area contributed by atoms with Crippen LogP contribution in [0.4, 0.5) is 8.78 Å². The number of carbonyl (C=O) groups excluding carboxylic acids is 9. The third-order valence-electron chi connectivity index (χ3n) is 16.5. The van der Waals surface area contributed by atoms with Crippen LogP contribution in [0.3, 0.4) is 0 Å². The van der Waals surface area contributed by atoms with Gasteiger partial charge in [-0.15, -0.1) is 11.3 Å². The van der Waals surface area contributed by atoms with E-state index in [1.807, 2.05) is 17.9 Å². The number of nitrogens with two attached hydrogens (primary N) is 1. The van der Waals surface area contributed by atoms with E-state index < -0.39 is 90.5 Å². The average molecular weight is 1220 g/mol. The second-order valence-electron chi connectivity index (χ2n) is 21.9. The van der Waals surface area contributed by atoms with Crippen LogP contribution in [-0.4, -0.2) is 152 Å². The minimum absolute atomic E-state index is 0.0306. The number of hydrogen-bond donors (Lipinski definition) is 7. The van der Waals surface area contributed by atoms with Crippen LogP contribution in [-0.2, 0) is 56.8 Å². The van der Waals surface area contributed by atoms with Crippen molar-refractivity contribution in [2.45, 2.75) is 132 Å². The topological polar surface area (TPSA) is 298 Å². The number of fused-ring (bicyclic) bond motifs is 3. The summed E-state index contributed by atoms with van der Waals surface area (Å²) in [5.41, 5.74) is 2.74. The number of alkyl halides is 2. The van der Waals surface area contributed by atoms with Crippen LogP contribution in [0.25, 0.3) is 10.1 Å². The Bertz CT molecular complexity index is 3380. The van der Waals surface area contributed by atoms with E-state index in [1.54, 1.807) is 41.3 Å². The smallest absolute Gasteiger partial charge is 0.370 e. The highest BCUT2D eigenvalue weighted by Crippen LogP contribution is 2.59. The van der Waals surface area contributed by atoms with E-state index in [4.69, 9.17) is 17.3 Å². The molecule has 9 rings (SSSR count). The van der Waals surface area contributed by atoms with E-state index >= 15 is 0 Å². The SMILES string of the molecule is CCN1CC[C@H]2CC[C@@H](C(=O)N[C@@H](CCC(N)=O)C(=O)N[C@@H](Cc3ccc(Cl)cc3)C(=O)N3CCC(CCC#Cc4cccc5c4CN(C4CCC(=O)NC4=O)C5=O)CC3)N2C(=O)[C@@H](NC(=O)c2cc3cc(C(F)(F)P(=O)(O)O)ccc3s2)C1. The number of primary amides is 1. The standard InChI is InChI=1S/C58H65ClF2N9O12PS/c1-2-67-25-24-39-15-17-46(70(39)57(79)44(32-67)65-54(76)48-30-36-29-37(12-19-47(36)84-48)58(60,61)83(80,81)82)53(75)63-42(16-20-49(62)71)51(73)64-43(28-34-10-13-38(59)14-11-34)56(78)68-26-22-33(23-27-68)6-3-4-7-35-8-5-9-40-41(35)31-69(55(40)77)45-18-21-50(72)66-52(45)74/h5,8-14,19,29-30,33,39,42-46H,2-3,6,15-18,20-28,31-32H2,1H3,(H2,62,71)(H,63,75)(H,64,73)(H,65,76)(H,66,72,74)(H2,80,81,82)/t39-,42+,43+,44+,45?,46+/m1/s1. The Labute approximate surface area is 491 Å². The number of amides is 9. The third kappa shape index (κ3) is 13.8. The lowest BCUT2D eigenvalue weighted by Gasteiger charge is -2.38. The van der Waals surface area contributed by atoms with Gasteiger partial charge in [-0.1, -0.05) is 54.6 Å². The number of nitrogens with zero attached hydrogens (tertiary/aromatic N) is 4. The predicted molar refractivity (Wildman–Crippen MR) is 305 cm³/mol. The zero-order valence-electron chi connectivity index (χ0n) is 46.0. The fourth-order valence-corrected chi connectivity index (χ4v) is 13.3. The molecule has 0 radical (unpaired) electrons. The summed E-state index contributed by atoms with van der Waals surface area (Å²) in [5.74, 6) is 1.69. The minimum atomic E-state index is -5.87. The van der Waals surface area contributed by atoms with Crippen molar-refractivity contribution in [1.29, 1.82) is 0 Å². The number of rotatable bonds is 18. The van der Waals surface area contributed by atoms with Crippen LogP contribution in [0.5, 0.6) is 0 Å². The number of carbonyl (C=O) groups is 9. The van der Waals surface area contributed by atoms with Crippen LogP contribution < -0.4 is 27.0 Å². The summed E-state index contributed by atoms with van der Waals surface area (Å²) in [6, 6.07) is 10.4. The maximum atomic E-state index is 14.7. The zero-order chi connectivity index (χ0) is 60.2. The highest BCUT2D eigenvalue weighted by Gasteiger charge is 2.51. The first kappa shape index (κ1) is 61.4. The summed E-state index contributed by atoms with van der Waals surface area (Å²) in [4.78, 5) is 147. The monoisotopic (exact) mass is 1220 g/mol. The molecule has 8 N–H and O–H groups in total. The van der Waals surface area contributed by atoms with Gasteiger partial charge in [0.1, 0.15) is 30.2 Å². The molecule has 26 heteroatoms. The van der Waals surface area contributed by atoms with Crippen molar-refractivity contribution in [2.75, 3.05) is 32.7 Å². The lowest BCUT2D eigenvalue weighted by molar-refractivity contribution is -0.144. The number of benzene rings is 3. The first-order valence-electron chi connectivity index (χ1n) is 28.0. The molecular formula is C58H65ClF2N9O12PS. The molecule has 1 aromatic heterocycles. The van der Waals surface area contributed by atoms with E-state index in [-0.39, 0.29) is 85.5 Å². The quantitative estimate of drug-likeness (QED) is 0.0417. The van der Waals surface area contributed by atoms with Gasteiger partial charge >= 0.3 is 13.3 Å². The van der Waals surface area contributed by atoms with Crippen molar-refractivity contribution < 1.29 is 66.3 Å². The van der Waals surface area contributed by atoms with Gasteiger partial charge in [0.2, 0.25) is 41.4 Å². The van der Waals surface area contributed by atoms with Gasteiger partial charge in [0, 0.05) is 90.9 Å². The van der Waals surface area contributed by atoms with Crippen LogP contribution in [0, 0.1) is 17.8 Å². The molecule has 84 heavy (non-hydrogen) atoms. The fraction of sp³-hybridized carbons (Fsp3) is 0.466. The van der Waals surface area contributed by atoms with Crippen LogP contribution >= 0.6 is 30.5 Å². The van der Waals surface area contributed by atoms with Gasteiger partial charge in [0.15, 0.2) is 0 Å². The number of nitrogens with one attached hydrogen (secondary N) is 4. The van der Waals surface area contributed by atoms with Gasteiger partial charge in [-0.25, -0.2) is 0 Å². The maximum Gasteiger partial charge on any atom is 0.399 e. The first-order chi connectivity index (χ1) is 40.0. The largest absolute Gasteiger partial charge is 0.399 e. The van der Waals surface area contributed by atoms with Gasteiger partial charge in [-0.2, -0.15) is 8.78 Å². The Morgan fingerprint density at radius 2 is 1.68 bits per heavy atom. The molecule has 0 spiro atoms. The highest BCUT2D eigenvalue weighted by atomic mass is 35.5. The molecule has 21 nitrogen and oxygen atoms in total. The molecule has 446 valence electrons. The van der Waals surface area contributed by atoms with Gasteiger partial charge in [0.25, 0.3) is 11.8 Å². The number of imide groups is 1. The second kappa shape index (κ2) is 26.0. The van der Waals surface area contributed by atoms with Crippen molar-refractivity contribution >= 4 is 93.8 Å². The van der Waals surface area contributed by atoms with Gasteiger partial charge < -0.3 is 51.1 Å². The average Bonchev–Trinajstić information content (AvgIpc) is 2.93. The summed E-state index contributed by atoms with van der Waals surface area (Å²) in [7, 11) is -5.87. The Kier molecular flexibility index (Phi) is 19.0. The summed E-state index contributed by atoms with van der Waals surface area (Å²) >= 11 is 7.13. The van der Waals surface area contributed by atoms with Crippen molar-refractivity contribution in [3.05, 3.63) is 104 Å². The molecule has 0 aliphatic carbocycles. The maximum absolute atomic E-state index is 14.7. The number of halogens is 3. The molecule has 0 saturated carbocycles. The van der Waals surface area contributed by atoms with Gasteiger partial charge in [-0.3, -0.25) is 53.0 Å². The molecule has 0 bridgehead atoms. The second-order valence-corrected chi connectivity index (χ2v) is 25.1. The summed E-state index contributed by atoms with van der Waals surface area (Å²) in [6.07, 6.45) is 3.58. The van der Waals surface area contributed by atoms with Crippen LogP contribution in [0.2, 0.25) is 5.02 Å². The van der Waals surface area contributed by atoms with Gasteiger partial charge in [0.05, 0.1) is 4.88 Å². The number of thiophene rings is 1. The molecule has 5 aliphatic heterocycles. The Morgan fingerprint density at radius 3 is 2.38 bits per heavy atom. The molecule has 4 saturated heterocycles. The summed E-state index contributed by atoms with van der Waals surface area (Å²) in [6.45, 7) is 3.95. The van der Waals surface area contributed by atoms with Crippen LogP contribution in [0.1, 0.15) is 120 Å². The zero-order valence-corrected chi connectivity index (χ0v) is 48.4. The Hall–Kier alpha value is -7.13. The Balaban J connectivity index is 0.847. The molecule has 6 heterocycles. The Morgan fingerprint density at radius 1 is 0.929 bits per heavy atom. The lowest BCUT2D eigenvalue weighted by atomic mass is 9.91. The highest BCUT2D eigenvalue weighted by molar-refractivity contribution is 7.52. The molecule has 5 aliphatic rings. The fourth-order valence-electron chi connectivity index (χ4n) is 11.8.